The number of anilines is 1. The zero-order valence-electron chi connectivity index (χ0n) is 14.4. The molecule has 0 bridgehead atoms. The van der Waals surface area contributed by atoms with Crippen LogP contribution < -0.4 is 15.2 Å². The molecular weight excluding hydrogens is 360 g/mol. The number of rotatable bonds is 8. The molecule has 2 rings (SSSR count). The number of hydrogen-bond acceptors (Lipinski definition) is 4. The number of hydrogen-bond donors (Lipinski definition) is 2. The third-order valence-electron chi connectivity index (χ3n) is 3.40. The van der Waals surface area contributed by atoms with Gasteiger partial charge in [0.1, 0.15) is 5.75 Å². The molecule has 25 heavy (non-hydrogen) atoms. The number of nitrogens with one attached hydrogen (secondary N) is 1. The number of halogens is 1. The van der Waals surface area contributed by atoms with Crippen molar-refractivity contribution in [2.75, 3.05) is 18.9 Å². The molecule has 0 spiro atoms. The highest BCUT2D eigenvalue weighted by Crippen LogP contribution is 2.16. The van der Waals surface area contributed by atoms with Crippen LogP contribution >= 0.6 is 12.4 Å². The van der Waals surface area contributed by atoms with Crippen LogP contribution in [-0.4, -0.2) is 21.6 Å². The maximum atomic E-state index is 12.3. The van der Waals surface area contributed by atoms with Gasteiger partial charge in [-0.15, -0.1) is 12.4 Å². The Morgan fingerprint density at radius 2 is 1.64 bits per heavy atom. The topological polar surface area (TPSA) is 81.4 Å². The first kappa shape index (κ1) is 21.3. The lowest BCUT2D eigenvalue weighted by Gasteiger charge is -2.10. The number of sulfonamides is 1. The van der Waals surface area contributed by atoms with Gasteiger partial charge >= 0.3 is 0 Å². The summed E-state index contributed by atoms with van der Waals surface area (Å²) >= 11 is 0. The zero-order valence-corrected chi connectivity index (χ0v) is 16.1. The lowest BCUT2D eigenvalue weighted by Crippen LogP contribution is -2.26. The van der Waals surface area contributed by atoms with Crippen molar-refractivity contribution in [1.29, 1.82) is 0 Å². The van der Waals surface area contributed by atoms with E-state index < -0.39 is 10.0 Å². The van der Waals surface area contributed by atoms with Gasteiger partial charge in [-0.05, 0) is 54.3 Å². The van der Waals surface area contributed by atoms with Crippen LogP contribution in [0.1, 0.15) is 19.4 Å². The van der Waals surface area contributed by atoms with Crippen LogP contribution in [0.15, 0.2) is 53.4 Å². The summed E-state index contributed by atoms with van der Waals surface area (Å²) in [4.78, 5) is 0.233. The third kappa shape index (κ3) is 6.94. The first-order valence-electron chi connectivity index (χ1n) is 7.94. The summed E-state index contributed by atoms with van der Waals surface area (Å²) in [6.45, 7) is 5.05. The highest BCUT2D eigenvalue weighted by molar-refractivity contribution is 7.89. The molecule has 0 aliphatic heterocycles. The first-order chi connectivity index (χ1) is 11.4. The molecule has 7 heteroatoms. The van der Waals surface area contributed by atoms with Gasteiger partial charge in [0.25, 0.3) is 0 Å². The highest BCUT2D eigenvalue weighted by Gasteiger charge is 2.13. The number of ether oxygens (including phenoxy) is 1. The largest absolute Gasteiger partial charge is 0.493 e. The van der Waals surface area contributed by atoms with Crippen molar-refractivity contribution in [3.63, 3.8) is 0 Å². The Hall–Kier alpha value is -1.76. The van der Waals surface area contributed by atoms with Gasteiger partial charge in [0.05, 0.1) is 11.5 Å². The van der Waals surface area contributed by atoms with Crippen LogP contribution in [0.3, 0.4) is 0 Å². The summed E-state index contributed by atoms with van der Waals surface area (Å²) in [6, 6.07) is 13.9. The minimum absolute atomic E-state index is 0. The van der Waals surface area contributed by atoms with Crippen molar-refractivity contribution in [2.45, 2.75) is 25.2 Å². The molecule has 0 fully saturated rings. The second kappa shape index (κ2) is 9.65. The fourth-order valence-corrected chi connectivity index (χ4v) is 3.11. The van der Waals surface area contributed by atoms with Gasteiger partial charge in [0.15, 0.2) is 0 Å². The van der Waals surface area contributed by atoms with Crippen molar-refractivity contribution in [3.05, 3.63) is 54.1 Å². The third-order valence-corrected chi connectivity index (χ3v) is 4.88. The van der Waals surface area contributed by atoms with Gasteiger partial charge in [0.2, 0.25) is 10.0 Å². The van der Waals surface area contributed by atoms with Crippen LogP contribution in [0.2, 0.25) is 0 Å². The Bertz CT molecular complexity index is 745. The molecule has 0 unspecified atom stereocenters. The maximum absolute atomic E-state index is 12.3. The fourth-order valence-electron chi connectivity index (χ4n) is 2.08. The van der Waals surface area contributed by atoms with E-state index in [0.29, 0.717) is 36.9 Å². The van der Waals surface area contributed by atoms with E-state index in [1.54, 1.807) is 36.4 Å². The smallest absolute Gasteiger partial charge is 0.240 e. The van der Waals surface area contributed by atoms with Crippen LogP contribution in [-0.2, 0) is 16.4 Å². The molecule has 0 heterocycles. The average Bonchev–Trinajstić information content (AvgIpc) is 2.55. The maximum Gasteiger partial charge on any atom is 0.240 e. The second-order valence-corrected chi connectivity index (χ2v) is 7.83. The van der Waals surface area contributed by atoms with Crippen LogP contribution in [0.4, 0.5) is 5.69 Å². The van der Waals surface area contributed by atoms with E-state index in [1.165, 1.54) is 0 Å². The normalized spacial score (nSPS) is 11.2. The molecule has 0 aliphatic carbocycles. The molecule has 2 aromatic carbocycles. The Balaban J connectivity index is 0.00000312. The lowest BCUT2D eigenvalue weighted by molar-refractivity contribution is 0.271. The molecule has 0 aromatic heterocycles. The van der Waals surface area contributed by atoms with Crippen molar-refractivity contribution < 1.29 is 13.2 Å². The van der Waals surface area contributed by atoms with E-state index in [-0.39, 0.29) is 17.3 Å². The summed E-state index contributed by atoms with van der Waals surface area (Å²) in [5.74, 6) is 1.09. The van der Waals surface area contributed by atoms with Gasteiger partial charge < -0.3 is 10.5 Å². The predicted molar refractivity (Wildman–Crippen MR) is 104 cm³/mol. The monoisotopic (exact) mass is 384 g/mol. The predicted octanol–water partition coefficient (Wildman–Crippen LogP) is 3.25. The second-order valence-electron chi connectivity index (χ2n) is 6.07. The van der Waals surface area contributed by atoms with Crippen LogP contribution in [0.25, 0.3) is 0 Å². The van der Waals surface area contributed by atoms with E-state index in [0.717, 1.165) is 5.56 Å². The summed E-state index contributed by atoms with van der Waals surface area (Å²) in [5.41, 5.74) is 7.35. The lowest BCUT2D eigenvalue weighted by atomic mass is 10.1. The van der Waals surface area contributed by atoms with E-state index in [2.05, 4.69) is 18.6 Å². The van der Waals surface area contributed by atoms with E-state index in [4.69, 9.17) is 10.5 Å². The zero-order chi connectivity index (χ0) is 17.6. The summed E-state index contributed by atoms with van der Waals surface area (Å²) in [7, 11) is -3.52. The highest BCUT2D eigenvalue weighted by atomic mass is 35.5. The molecule has 3 N–H and O–H groups in total. The quantitative estimate of drug-likeness (QED) is 0.684. The molecule has 0 saturated carbocycles. The van der Waals surface area contributed by atoms with Crippen molar-refractivity contribution >= 4 is 28.1 Å². The first-order valence-corrected chi connectivity index (χ1v) is 9.42. The van der Waals surface area contributed by atoms with E-state index >= 15 is 0 Å². The van der Waals surface area contributed by atoms with Crippen LogP contribution in [0.5, 0.6) is 5.75 Å². The Morgan fingerprint density at radius 1 is 1.04 bits per heavy atom. The van der Waals surface area contributed by atoms with Gasteiger partial charge in [0, 0.05) is 12.2 Å². The molecular formula is C18H25ClN2O3S. The summed E-state index contributed by atoms with van der Waals surface area (Å²) in [5, 5.41) is 0. The number of nitrogens with two attached hydrogens (primary N) is 1. The molecule has 2 aromatic rings. The SMILES string of the molecule is CC(C)COc1ccc(S(=O)(=O)NCCc2ccc(N)cc2)cc1.Cl. The molecule has 0 aliphatic rings. The van der Waals surface area contributed by atoms with Gasteiger partial charge in [-0.3, -0.25) is 0 Å². The van der Waals surface area contributed by atoms with Crippen molar-refractivity contribution in [2.24, 2.45) is 5.92 Å². The summed E-state index contributed by atoms with van der Waals surface area (Å²) < 4.78 is 32.7. The Labute approximate surface area is 156 Å². The Kier molecular flexibility index (Phi) is 8.22. The molecule has 138 valence electrons. The molecule has 0 saturated heterocycles. The van der Waals surface area contributed by atoms with Gasteiger partial charge in [-0.2, -0.15) is 0 Å². The number of nitrogen functional groups attached to an aromatic ring is 1. The number of benzene rings is 2. The average molecular weight is 385 g/mol. The van der Waals surface area contributed by atoms with Crippen LogP contribution in [0, 0.1) is 5.92 Å². The minimum atomic E-state index is -3.52. The van der Waals surface area contributed by atoms with Crippen molar-refractivity contribution in [3.8, 4) is 5.75 Å². The molecule has 0 atom stereocenters. The minimum Gasteiger partial charge on any atom is -0.493 e. The van der Waals surface area contributed by atoms with Gasteiger partial charge in [-0.25, -0.2) is 13.1 Å². The summed E-state index contributed by atoms with van der Waals surface area (Å²) in [6.07, 6.45) is 0.606. The fraction of sp³-hybridized carbons (Fsp3) is 0.333. The van der Waals surface area contributed by atoms with Crippen molar-refractivity contribution in [1.82, 2.24) is 4.72 Å². The molecule has 0 amide bonds. The Morgan fingerprint density at radius 3 is 2.20 bits per heavy atom. The van der Waals surface area contributed by atoms with Gasteiger partial charge in [-0.1, -0.05) is 26.0 Å². The van der Waals surface area contributed by atoms with E-state index in [1.807, 2.05) is 12.1 Å². The standard InChI is InChI=1S/C18H24N2O3S.ClH/c1-14(2)13-23-17-7-9-18(10-8-17)24(21,22)20-12-11-15-3-5-16(19)6-4-15;/h3-10,14,20H,11-13,19H2,1-2H3;1H. The van der Waals surface area contributed by atoms with E-state index in [9.17, 15) is 8.42 Å². The molecule has 5 nitrogen and oxygen atoms in total. The molecule has 0 radical (unpaired) electrons.